The number of hydrogen-bond donors (Lipinski definition) is 1. The second-order valence-electron chi connectivity index (χ2n) is 3.97. The summed E-state index contributed by atoms with van der Waals surface area (Å²) >= 11 is 0. The Morgan fingerprint density at radius 2 is 1.00 bits per heavy atom. The van der Waals surface area contributed by atoms with Gasteiger partial charge in [-0.3, -0.25) is 0 Å². The van der Waals surface area contributed by atoms with Crippen molar-refractivity contribution in [1.29, 1.82) is 0 Å². The van der Waals surface area contributed by atoms with E-state index in [1.54, 1.807) is 0 Å². The summed E-state index contributed by atoms with van der Waals surface area (Å²) in [7, 11) is 0. The van der Waals surface area contributed by atoms with E-state index in [0.717, 1.165) is 6.54 Å². The van der Waals surface area contributed by atoms with Crippen LogP contribution >= 0.6 is 17.0 Å². The molecule has 0 aliphatic carbocycles. The van der Waals surface area contributed by atoms with Gasteiger partial charge in [0.2, 0.25) is 0 Å². The Balaban J connectivity index is -0.000000720. The molecule has 0 aromatic carbocycles. The van der Waals surface area contributed by atoms with Gasteiger partial charge in [-0.2, -0.15) is 0 Å². The molecule has 0 heterocycles. The topological polar surface area (TPSA) is 26.0 Å². The molecule has 90 valence electrons. The predicted octanol–water partition coefficient (Wildman–Crippen LogP) is 3.80. The van der Waals surface area contributed by atoms with E-state index in [4.69, 9.17) is 5.73 Å². The molecule has 0 fully saturated rings. The first-order valence-electron chi connectivity index (χ1n) is 6.12. The van der Waals surface area contributed by atoms with Crippen LogP contribution in [0, 0.1) is 0 Å². The van der Waals surface area contributed by atoms with E-state index in [0.29, 0.717) is 0 Å². The molecule has 0 saturated carbocycles. The van der Waals surface area contributed by atoms with Crippen LogP contribution in [-0.4, -0.2) is 36.1 Å². The standard InChI is InChI=1S/C12H27N.BrH.Na.H/c1-2-3-4-5-6-7-8-9-10-11-12-13;;;/h2-13H2,1H3;1H;;. The van der Waals surface area contributed by atoms with Gasteiger partial charge in [-0.1, -0.05) is 64.7 Å². The number of unbranched alkanes of at least 4 members (excludes halogenated alkanes) is 9. The minimum absolute atomic E-state index is 0. The van der Waals surface area contributed by atoms with Crippen molar-refractivity contribution in [3.63, 3.8) is 0 Å². The van der Waals surface area contributed by atoms with Crippen molar-refractivity contribution in [3.8, 4) is 0 Å². The fourth-order valence-corrected chi connectivity index (χ4v) is 1.63. The third-order valence-corrected chi connectivity index (χ3v) is 2.56. The molecule has 0 atom stereocenters. The molecule has 0 aliphatic heterocycles. The van der Waals surface area contributed by atoms with Crippen molar-refractivity contribution in [2.75, 3.05) is 6.54 Å². The van der Waals surface area contributed by atoms with E-state index < -0.39 is 0 Å². The number of nitrogens with two attached hydrogens (primary N) is 1. The summed E-state index contributed by atoms with van der Waals surface area (Å²) in [5.74, 6) is 0. The fraction of sp³-hybridized carbons (Fsp3) is 1.00. The molecule has 0 saturated heterocycles. The van der Waals surface area contributed by atoms with Gasteiger partial charge >= 0.3 is 29.6 Å². The zero-order valence-electron chi connectivity index (χ0n) is 9.76. The molecule has 0 rings (SSSR count). The average Bonchev–Trinajstić information content (AvgIpc) is 2.16. The van der Waals surface area contributed by atoms with Crippen molar-refractivity contribution in [2.45, 2.75) is 71.1 Å². The van der Waals surface area contributed by atoms with Crippen LogP contribution in [0.15, 0.2) is 0 Å². The number of halogens is 1. The van der Waals surface area contributed by atoms with Crippen molar-refractivity contribution in [1.82, 2.24) is 0 Å². The molecule has 0 radical (unpaired) electrons. The summed E-state index contributed by atoms with van der Waals surface area (Å²) in [6, 6.07) is 0. The van der Waals surface area contributed by atoms with Crippen LogP contribution in [0.1, 0.15) is 71.1 Å². The Bertz CT molecular complexity index is 81.7. The van der Waals surface area contributed by atoms with Crippen molar-refractivity contribution in [3.05, 3.63) is 0 Å². The van der Waals surface area contributed by atoms with Gasteiger partial charge in [-0.25, -0.2) is 0 Å². The van der Waals surface area contributed by atoms with Crippen LogP contribution in [0.5, 0.6) is 0 Å². The van der Waals surface area contributed by atoms with Gasteiger partial charge in [0, 0.05) is 0 Å². The molecule has 0 amide bonds. The van der Waals surface area contributed by atoms with E-state index in [9.17, 15) is 0 Å². The van der Waals surface area contributed by atoms with Gasteiger partial charge in [0.15, 0.2) is 0 Å². The van der Waals surface area contributed by atoms with Gasteiger partial charge in [-0.15, -0.1) is 17.0 Å². The normalized spacial score (nSPS) is 9.20. The Morgan fingerprint density at radius 3 is 1.33 bits per heavy atom. The number of rotatable bonds is 10. The maximum atomic E-state index is 5.42. The molecule has 1 nitrogen and oxygen atoms in total. The number of hydrogen-bond acceptors (Lipinski definition) is 1. The Labute approximate surface area is 129 Å². The molecule has 3 heteroatoms. The van der Waals surface area contributed by atoms with E-state index in [2.05, 4.69) is 6.92 Å². The van der Waals surface area contributed by atoms with E-state index >= 15 is 0 Å². The fourth-order valence-electron chi connectivity index (χ4n) is 1.63. The van der Waals surface area contributed by atoms with Gasteiger partial charge in [0.25, 0.3) is 0 Å². The van der Waals surface area contributed by atoms with Crippen LogP contribution in [0.2, 0.25) is 0 Å². The Hall–Kier alpha value is 1.44. The van der Waals surface area contributed by atoms with E-state index in [1.165, 1.54) is 64.2 Å². The molecule has 0 aromatic heterocycles. The van der Waals surface area contributed by atoms with Gasteiger partial charge < -0.3 is 5.73 Å². The first-order valence-corrected chi connectivity index (χ1v) is 6.12. The zero-order valence-corrected chi connectivity index (χ0v) is 11.5. The molecule has 2 N–H and O–H groups in total. The third-order valence-electron chi connectivity index (χ3n) is 2.56. The monoisotopic (exact) mass is 289 g/mol. The van der Waals surface area contributed by atoms with Crippen LogP contribution in [0.3, 0.4) is 0 Å². The van der Waals surface area contributed by atoms with Crippen LogP contribution < -0.4 is 5.73 Å². The molecule has 0 spiro atoms. The van der Waals surface area contributed by atoms with Crippen LogP contribution in [-0.2, 0) is 0 Å². The molecular weight excluding hydrogens is 261 g/mol. The quantitative estimate of drug-likeness (QED) is 0.481. The van der Waals surface area contributed by atoms with Gasteiger partial charge in [0.05, 0.1) is 0 Å². The van der Waals surface area contributed by atoms with Gasteiger partial charge in [-0.05, 0) is 13.0 Å². The van der Waals surface area contributed by atoms with E-state index in [-0.39, 0.29) is 46.5 Å². The molecule has 0 aliphatic rings. The first-order chi connectivity index (χ1) is 6.41. The second kappa shape index (κ2) is 20.8. The van der Waals surface area contributed by atoms with Crippen molar-refractivity contribution >= 4 is 46.5 Å². The second-order valence-corrected chi connectivity index (χ2v) is 3.97. The summed E-state index contributed by atoms with van der Waals surface area (Å²) in [5, 5.41) is 0. The zero-order chi connectivity index (χ0) is 9.78. The molecule has 15 heavy (non-hydrogen) atoms. The summed E-state index contributed by atoms with van der Waals surface area (Å²) < 4.78 is 0. The molecule has 0 aromatic rings. The van der Waals surface area contributed by atoms with Crippen LogP contribution in [0.25, 0.3) is 0 Å². The van der Waals surface area contributed by atoms with Crippen LogP contribution in [0.4, 0.5) is 0 Å². The first kappa shape index (κ1) is 21.7. The molecular formula is C12H29BrNNa. The third kappa shape index (κ3) is 21.3. The summed E-state index contributed by atoms with van der Waals surface area (Å²) in [5.41, 5.74) is 5.42. The SMILES string of the molecule is Br.CCCCCCCCCCCCN.[NaH]. The predicted molar refractivity (Wildman–Crippen MR) is 78.4 cm³/mol. The Morgan fingerprint density at radius 1 is 0.667 bits per heavy atom. The van der Waals surface area contributed by atoms with Crippen molar-refractivity contribution in [2.24, 2.45) is 5.73 Å². The molecule has 0 unspecified atom stereocenters. The minimum atomic E-state index is 0. The Kier molecular flexibility index (Phi) is 30.1. The average molecular weight is 290 g/mol. The maximum absolute atomic E-state index is 5.42. The van der Waals surface area contributed by atoms with Gasteiger partial charge in [0.1, 0.15) is 0 Å². The van der Waals surface area contributed by atoms with E-state index in [1.807, 2.05) is 0 Å². The molecule has 0 bridgehead atoms. The van der Waals surface area contributed by atoms with Crippen molar-refractivity contribution < 1.29 is 0 Å². The summed E-state index contributed by atoms with van der Waals surface area (Å²) in [6.45, 7) is 3.14. The summed E-state index contributed by atoms with van der Waals surface area (Å²) in [4.78, 5) is 0. The summed E-state index contributed by atoms with van der Waals surface area (Å²) in [6.07, 6.45) is 13.9.